The Morgan fingerprint density at radius 3 is 2.30 bits per heavy atom. The van der Waals surface area contributed by atoms with Crippen molar-refractivity contribution in [2.45, 2.75) is 104 Å². The smallest absolute Gasteiger partial charge is 0.323 e. The maximum Gasteiger partial charge on any atom is 0.323 e. The first-order valence-electron chi connectivity index (χ1n) is 12.2. The molecule has 1 aliphatic rings. The molecule has 5 atom stereocenters. The van der Waals surface area contributed by atoms with Crippen molar-refractivity contribution in [2.24, 2.45) is 11.8 Å². The summed E-state index contributed by atoms with van der Waals surface area (Å²) in [5.41, 5.74) is 0.506. The summed E-state index contributed by atoms with van der Waals surface area (Å²) >= 11 is 0. The molecule has 6 heteroatoms. The molecule has 33 heavy (non-hydrogen) atoms. The van der Waals surface area contributed by atoms with Gasteiger partial charge in [-0.25, -0.2) is 0 Å². The molecule has 1 aromatic carbocycles. The summed E-state index contributed by atoms with van der Waals surface area (Å²) in [7, 11) is 0. The van der Waals surface area contributed by atoms with Crippen molar-refractivity contribution in [3.05, 3.63) is 35.9 Å². The number of carbonyl (C=O) groups excluding carboxylic acids is 3. The van der Waals surface area contributed by atoms with Gasteiger partial charge in [0.05, 0.1) is 0 Å². The van der Waals surface area contributed by atoms with Gasteiger partial charge in [0.1, 0.15) is 17.4 Å². The number of hydrogen-bond donors (Lipinski definition) is 1. The van der Waals surface area contributed by atoms with Crippen LogP contribution in [0.2, 0.25) is 0 Å². The second-order valence-electron chi connectivity index (χ2n) is 10.5. The van der Waals surface area contributed by atoms with E-state index in [2.05, 4.69) is 17.1 Å². The van der Waals surface area contributed by atoms with E-state index in [1.807, 2.05) is 58.0 Å². The third kappa shape index (κ3) is 7.95. The number of rotatable bonds is 10. The Kier molecular flexibility index (Phi) is 9.65. The Labute approximate surface area is 199 Å². The van der Waals surface area contributed by atoms with Gasteiger partial charge < -0.3 is 10.1 Å². The third-order valence-electron chi connectivity index (χ3n) is 6.52. The molecular formula is C27H42N2O4. The SMILES string of the molecule is CCCC(CC1C(C(C)=O)CC(C(=O)OC(C)(C)C)N1Cc1ccccc1)C(C)NC(C)=O. The summed E-state index contributed by atoms with van der Waals surface area (Å²) in [5.74, 6) is -0.247. The Bertz CT molecular complexity index is 802. The number of carbonyl (C=O) groups is 3. The molecule has 1 fully saturated rings. The zero-order valence-electron chi connectivity index (χ0n) is 21.4. The second kappa shape index (κ2) is 11.8. The van der Waals surface area contributed by atoms with E-state index in [-0.39, 0.29) is 41.6 Å². The lowest BCUT2D eigenvalue weighted by Gasteiger charge is -2.35. The van der Waals surface area contributed by atoms with Gasteiger partial charge >= 0.3 is 5.97 Å². The molecule has 1 heterocycles. The summed E-state index contributed by atoms with van der Waals surface area (Å²) in [6.07, 6.45) is 3.14. The molecule has 1 N–H and O–H groups in total. The van der Waals surface area contributed by atoms with Crippen LogP contribution in [0.25, 0.3) is 0 Å². The molecule has 2 rings (SSSR count). The standard InChI is InChI=1S/C27H42N2O4/c1-8-12-22(18(2)28-20(4)31)15-24-23(19(3)30)16-25(26(32)33-27(5,6)7)29(24)17-21-13-10-9-11-14-21/h9-11,13-14,18,22-25H,8,12,15-17H2,1-7H3,(H,28,31). The van der Waals surface area contributed by atoms with E-state index in [0.717, 1.165) is 24.8 Å². The van der Waals surface area contributed by atoms with Gasteiger partial charge in [-0.05, 0) is 65.4 Å². The van der Waals surface area contributed by atoms with Gasteiger partial charge in [-0.3, -0.25) is 19.3 Å². The van der Waals surface area contributed by atoms with Crippen LogP contribution in [-0.4, -0.2) is 46.3 Å². The van der Waals surface area contributed by atoms with Gasteiger partial charge in [-0.15, -0.1) is 0 Å². The van der Waals surface area contributed by atoms with Crippen LogP contribution in [0.1, 0.15) is 79.7 Å². The van der Waals surface area contributed by atoms with Crippen LogP contribution in [0.15, 0.2) is 30.3 Å². The number of benzene rings is 1. The van der Waals surface area contributed by atoms with Crippen LogP contribution in [0.5, 0.6) is 0 Å². The molecule has 1 saturated heterocycles. The molecular weight excluding hydrogens is 416 g/mol. The molecule has 0 aliphatic carbocycles. The van der Waals surface area contributed by atoms with Gasteiger partial charge in [0, 0.05) is 31.5 Å². The normalized spacial score (nSPS) is 23.1. The molecule has 1 aliphatic heterocycles. The lowest BCUT2D eigenvalue weighted by molar-refractivity contribution is -0.161. The molecule has 1 aromatic rings. The maximum atomic E-state index is 13.2. The number of ketones is 1. The Balaban J connectivity index is 2.40. The molecule has 1 amide bonds. The molecule has 6 nitrogen and oxygen atoms in total. The Morgan fingerprint density at radius 1 is 1.15 bits per heavy atom. The monoisotopic (exact) mass is 458 g/mol. The largest absolute Gasteiger partial charge is 0.459 e. The fraction of sp³-hybridized carbons (Fsp3) is 0.667. The minimum Gasteiger partial charge on any atom is -0.459 e. The van der Waals surface area contributed by atoms with Crippen molar-refractivity contribution in [3.63, 3.8) is 0 Å². The minimum atomic E-state index is -0.593. The Morgan fingerprint density at radius 2 is 1.79 bits per heavy atom. The quantitative estimate of drug-likeness (QED) is 0.522. The van der Waals surface area contributed by atoms with E-state index in [1.165, 1.54) is 6.92 Å². The van der Waals surface area contributed by atoms with Crippen molar-refractivity contribution in [3.8, 4) is 0 Å². The minimum absolute atomic E-state index is 0.00536. The van der Waals surface area contributed by atoms with Gasteiger partial charge in [-0.2, -0.15) is 0 Å². The van der Waals surface area contributed by atoms with Crippen molar-refractivity contribution in [1.82, 2.24) is 10.2 Å². The third-order valence-corrected chi connectivity index (χ3v) is 6.52. The number of Topliss-reactive ketones (excluding diaryl/α,β-unsaturated/α-hetero) is 1. The first-order valence-corrected chi connectivity index (χ1v) is 12.2. The highest BCUT2D eigenvalue weighted by Gasteiger charge is 2.48. The second-order valence-corrected chi connectivity index (χ2v) is 10.5. The van der Waals surface area contributed by atoms with Crippen LogP contribution in [0.3, 0.4) is 0 Å². The number of nitrogens with zero attached hydrogens (tertiary/aromatic N) is 1. The molecule has 184 valence electrons. The van der Waals surface area contributed by atoms with Crippen molar-refractivity contribution in [2.75, 3.05) is 0 Å². The highest BCUT2D eigenvalue weighted by Crippen LogP contribution is 2.38. The number of amides is 1. The van der Waals surface area contributed by atoms with Crippen LogP contribution in [-0.2, 0) is 25.7 Å². The van der Waals surface area contributed by atoms with Gasteiger partial charge in [-0.1, -0.05) is 43.7 Å². The van der Waals surface area contributed by atoms with Crippen LogP contribution < -0.4 is 5.32 Å². The summed E-state index contributed by atoms with van der Waals surface area (Å²) in [6, 6.07) is 9.49. The summed E-state index contributed by atoms with van der Waals surface area (Å²) < 4.78 is 5.77. The lowest BCUT2D eigenvalue weighted by atomic mass is 9.83. The van der Waals surface area contributed by atoms with E-state index in [0.29, 0.717) is 13.0 Å². The van der Waals surface area contributed by atoms with Gasteiger partial charge in [0.15, 0.2) is 0 Å². The number of likely N-dealkylation sites (tertiary alicyclic amines) is 1. The maximum absolute atomic E-state index is 13.2. The zero-order chi connectivity index (χ0) is 24.8. The van der Waals surface area contributed by atoms with E-state index < -0.39 is 11.6 Å². The average molecular weight is 459 g/mol. The summed E-state index contributed by atoms with van der Waals surface area (Å²) in [6.45, 7) is 13.5. The van der Waals surface area contributed by atoms with E-state index in [9.17, 15) is 14.4 Å². The first kappa shape index (κ1) is 27.0. The predicted octanol–water partition coefficient (Wildman–Crippen LogP) is 4.51. The molecule has 0 saturated carbocycles. The van der Waals surface area contributed by atoms with Gasteiger partial charge in [0.25, 0.3) is 0 Å². The van der Waals surface area contributed by atoms with Crippen molar-refractivity contribution >= 4 is 17.7 Å². The first-order chi connectivity index (χ1) is 15.4. The van der Waals surface area contributed by atoms with Crippen LogP contribution >= 0.6 is 0 Å². The highest BCUT2D eigenvalue weighted by molar-refractivity contribution is 5.83. The number of esters is 1. The molecule has 5 unspecified atom stereocenters. The zero-order valence-corrected chi connectivity index (χ0v) is 21.4. The number of ether oxygens (including phenoxy) is 1. The van der Waals surface area contributed by atoms with Crippen LogP contribution in [0, 0.1) is 11.8 Å². The number of nitrogens with one attached hydrogen (secondary N) is 1. The summed E-state index contributed by atoms with van der Waals surface area (Å²) in [4.78, 5) is 39.9. The topological polar surface area (TPSA) is 75.7 Å². The van der Waals surface area contributed by atoms with Crippen LogP contribution in [0.4, 0.5) is 0 Å². The molecule has 0 aromatic heterocycles. The van der Waals surface area contributed by atoms with Crippen molar-refractivity contribution in [1.29, 1.82) is 0 Å². The predicted molar refractivity (Wildman–Crippen MR) is 130 cm³/mol. The van der Waals surface area contributed by atoms with E-state index in [1.54, 1.807) is 6.92 Å². The highest BCUT2D eigenvalue weighted by atomic mass is 16.6. The fourth-order valence-corrected chi connectivity index (χ4v) is 5.05. The average Bonchev–Trinajstić information content (AvgIpc) is 3.05. The molecule has 0 bridgehead atoms. The molecule has 0 spiro atoms. The number of hydrogen-bond acceptors (Lipinski definition) is 5. The van der Waals surface area contributed by atoms with E-state index >= 15 is 0 Å². The lowest BCUT2D eigenvalue weighted by Crippen LogP contribution is -2.46. The fourth-order valence-electron chi connectivity index (χ4n) is 5.05. The summed E-state index contributed by atoms with van der Waals surface area (Å²) in [5, 5.41) is 3.04. The van der Waals surface area contributed by atoms with Gasteiger partial charge in [0.2, 0.25) is 5.91 Å². The van der Waals surface area contributed by atoms with E-state index in [4.69, 9.17) is 4.74 Å². The van der Waals surface area contributed by atoms with Crippen molar-refractivity contribution < 1.29 is 19.1 Å². The molecule has 0 radical (unpaired) electrons. The Hall–Kier alpha value is -2.21.